The molecule has 0 amide bonds. The average molecular weight is 278 g/mol. The summed E-state index contributed by atoms with van der Waals surface area (Å²) in [5.74, 6) is -0.871. The van der Waals surface area contributed by atoms with E-state index in [1.807, 2.05) is 6.92 Å². The highest BCUT2D eigenvalue weighted by atomic mass is 32.2. The van der Waals surface area contributed by atoms with Crippen LogP contribution in [-0.2, 0) is 9.84 Å². The van der Waals surface area contributed by atoms with Crippen molar-refractivity contribution < 1.29 is 18.6 Å². The van der Waals surface area contributed by atoms with Gasteiger partial charge in [0.25, 0.3) is 0 Å². The molecule has 2 rings (SSSR count). The maximum absolute atomic E-state index is 12.4. The standard InChI is InChI=1S/C14H14O4S/c1-9-3-6-11(7-4-9)19(17,18)14-12(15)8-5-10(2)13(14)16/h3-8,15-16H,1-2H3. The van der Waals surface area contributed by atoms with Crippen molar-refractivity contribution in [3.63, 3.8) is 0 Å². The van der Waals surface area contributed by atoms with Crippen LogP contribution in [0.5, 0.6) is 11.5 Å². The van der Waals surface area contributed by atoms with Crippen LogP contribution in [0.2, 0.25) is 0 Å². The Morgan fingerprint density at radius 3 is 2.05 bits per heavy atom. The highest BCUT2D eigenvalue weighted by Gasteiger charge is 2.26. The number of phenolic OH excluding ortho intramolecular Hbond substituents is 2. The van der Waals surface area contributed by atoms with E-state index >= 15 is 0 Å². The smallest absolute Gasteiger partial charge is 0.213 e. The van der Waals surface area contributed by atoms with E-state index in [0.29, 0.717) is 5.56 Å². The molecule has 0 saturated carbocycles. The molecular formula is C14H14O4S. The zero-order chi connectivity index (χ0) is 14.2. The van der Waals surface area contributed by atoms with Gasteiger partial charge in [-0.3, -0.25) is 0 Å². The molecule has 0 fully saturated rings. The van der Waals surface area contributed by atoms with Crippen molar-refractivity contribution in [2.45, 2.75) is 23.6 Å². The second-order valence-electron chi connectivity index (χ2n) is 4.40. The molecule has 0 aliphatic carbocycles. The first-order chi connectivity index (χ1) is 8.84. The van der Waals surface area contributed by atoms with Crippen LogP contribution in [0.1, 0.15) is 11.1 Å². The van der Waals surface area contributed by atoms with Gasteiger partial charge in [-0.25, -0.2) is 8.42 Å². The van der Waals surface area contributed by atoms with E-state index in [2.05, 4.69) is 0 Å². The summed E-state index contributed by atoms with van der Waals surface area (Å²) in [7, 11) is -3.94. The summed E-state index contributed by atoms with van der Waals surface area (Å²) in [5, 5.41) is 19.6. The van der Waals surface area contributed by atoms with E-state index in [-0.39, 0.29) is 4.90 Å². The molecule has 0 unspecified atom stereocenters. The molecular weight excluding hydrogens is 264 g/mol. The molecule has 0 atom stereocenters. The van der Waals surface area contributed by atoms with Crippen molar-refractivity contribution in [3.8, 4) is 11.5 Å². The molecule has 19 heavy (non-hydrogen) atoms. The maximum Gasteiger partial charge on any atom is 0.213 e. The molecule has 0 aliphatic rings. The van der Waals surface area contributed by atoms with Gasteiger partial charge in [-0.1, -0.05) is 23.8 Å². The summed E-state index contributed by atoms with van der Waals surface area (Å²) < 4.78 is 24.8. The Balaban J connectivity index is 2.70. The number of hydrogen-bond acceptors (Lipinski definition) is 4. The maximum atomic E-state index is 12.4. The fourth-order valence-electron chi connectivity index (χ4n) is 1.76. The minimum Gasteiger partial charge on any atom is -0.506 e. The van der Waals surface area contributed by atoms with E-state index in [9.17, 15) is 18.6 Å². The van der Waals surface area contributed by atoms with Crippen LogP contribution < -0.4 is 0 Å². The van der Waals surface area contributed by atoms with Gasteiger partial charge in [0.1, 0.15) is 11.5 Å². The highest BCUT2D eigenvalue weighted by Crippen LogP contribution is 2.37. The minimum absolute atomic E-state index is 0.0364. The molecule has 2 aromatic rings. The van der Waals surface area contributed by atoms with Gasteiger partial charge < -0.3 is 10.2 Å². The van der Waals surface area contributed by atoms with E-state index in [1.54, 1.807) is 19.1 Å². The number of aromatic hydroxyl groups is 2. The first kappa shape index (κ1) is 13.4. The van der Waals surface area contributed by atoms with Gasteiger partial charge in [-0.2, -0.15) is 0 Å². The summed E-state index contributed by atoms with van der Waals surface area (Å²) >= 11 is 0. The van der Waals surface area contributed by atoms with Crippen LogP contribution in [0, 0.1) is 13.8 Å². The molecule has 100 valence electrons. The molecule has 4 nitrogen and oxygen atoms in total. The largest absolute Gasteiger partial charge is 0.506 e. The van der Waals surface area contributed by atoms with Crippen molar-refractivity contribution in [1.82, 2.24) is 0 Å². The lowest BCUT2D eigenvalue weighted by Crippen LogP contribution is -2.03. The topological polar surface area (TPSA) is 74.6 Å². The average Bonchev–Trinajstić information content (AvgIpc) is 2.34. The van der Waals surface area contributed by atoms with E-state index < -0.39 is 26.2 Å². The monoisotopic (exact) mass is 278 g/mol. The highest BCUT2D eigenvalue weighted by molar-refractivity contribution is 7.91. The third-order valence-electron chi connectivity index (χ3n) is 2.91. The quantitative estimate of drug-likeness (QED) is 0.885. The molecule has 5 heteroatoms. The second-order valence-corrected chi connectivity index (χ2v) is 6.28. The third-order valence-corrected chi connectivity index (χ3v) is 4.75. The van der Waals surface area contributed by atoms with E-state index in [4.69, 9.17) is 0 Å². The second kappa shape index (κ2) is 4.59. The first-order valence-electron chi connectivity index (χ1n) is 5.67. The summed E-state index contributed by atoms with van der Waals surface area (Å²) in [6.45, 7) is 3.42. The van der Waals surface area contributed by atoms with Gasteiger partial charge >= 0.3 is 0 Å². The summed E-state index contributed by atoms with van der Waals surface area (Å²) in [6.07, 6.45) is 0. The van der Waals surface area contributed by atoms with Crippen molar-refractivity contribution >= 4 is 9.84 Å². The molecule has 0 spiro atoms. The summed E-state index contributed by atoms with van der Waals surface area (Å²) in [6, 6.07) is 8.94. The van der Waals surface area contributed by atoms with E-state index in [1.165, 1.54) is 24.3 Å². The summed E-state index contributed by atoms with van der Waals surface area (Å²) in [5.41, 5.74) is 1.32. The molecule has 0 saturated heterocycles. The number of phenols is 2. The predicted octanol–water partition coefficient (Wildman–Crippen LogP) is 2.55. The van der Waals surface area contributed by atoms with Crippen LogP contribution in [0.3, 0.4) is 0 Å². The molecule has 2 aromatic carbocycles. The normalized spacial score (nSPS) is 11.5. The van der Waals surface area contributed by atoms with Gasteiger partial charge in [0.05, 0.1) is 4.90 Å². The fraction of sp³-hybridized carbons (Fsp3) is 0.143. The third kappa shape index (κ3) is 2.29. The molecule has 2 N–H and O–H groups in total. The first-order valence-corrected chi connectivity index (χ1v) is 7.15. The van der Waals surface area contributed by atoms with Crippen LogP contribution in [0.4, 0.5) is 0 Å². The zero-order valence-corrected chi connectivity index (χ0v) is 11.4. The van der Waals surface area contributed by atoms with Crippen molar-refractivity contribution in [2.24, 2.45) is 0 Å². The Morgan fingerprint density at radius 2 is 1.47 bits per heavy atom. The molecule has 0 bridgehead atoms. The van der Waals surface area contributed by atoms with Gasteiger partial charge in [-0.05, 0) is 37.6 Å². The molecule has 0 heterocycles. The lowest BCUT2D eigenvalue weighted by atomic mass is 10.2. The number of rotatable bonds is 2. The Bertz CT molecular complexity index is 716. The Kier molecular flexibility index (Phi) is 3.24. The van der Waals surface area contributed by atoms with Crippen molar-refractivity contribution in [1.29, 1.82) is 0 Å². The number of benzene rings is 2. The lowest BCUT2D eigenvalue weighted by molar-refractivity contribution is 0.420. The van der Waals surface area contributed by atoms with Crippen LogP contribution >= 0.6 is 0 Å². The van der Waals surface area contributed by atoms with Gasteiger partial charge in [-0.15, -0.1) is 0 Å². The van der Waals surface area contributed by atoms with Gasteiger partial charge in [0.2, 0.25) is 9.84 Å². The minimum atomic E-state index is -3.94. The molecule has 0 aromatic heterocycles. The van der Waals surface area contributed by atoms with Crippen molar-refractivity contribution in [3.05, 3.63) is 47.5 Å². The van der Waals surface area contributed by atoms with Crippen LogP contribution in [-0.4, -0.2) is 18.6 Å². The number of sulfone groups is 1. The SMILES string of the molecule is Cc1ccc(S(=O)(=O)c2c(O)ccc(C)c2O)cc1. The zero-order valence-electron chi connectivity index (χ0n) is 10.6. The van der Waals surface area contributed by atoms with E-state index in [0.717, 1.165) is 5.56 Å². The lowest BCUT2D eigenvalue weighted by Gasteiger charge is -2.10. The Morgan fingerprint density at radius 1 is 0.895 bits per heavy atom. The Labute approximate surface area is 111 Å². The van der Waals surface area contributed by atoms with Gasteiger partial charge in [0, 0.05) is 0 Å². The predicted molar refractivity (Wildman–Crippen MR) is 71.1 cm³/mol. The van der Waals surface area contributed by atoms with Crippen LogP contribution in [0.15, 0.2) is 46.2 Å². The van der Waals surface area contributed by atoms with Gasteiger partial charge in [0.15, 0.2) is 4.90 Å². The fourth-order valence-corrected chi connectivity index (χ4v) is 3.25. The van der Waals surface area contributed by atoms with Crippen molar-refractivity contribution in [2.75, 3.05) is 0 Å². The van der Waals surface area contributed by atoms with Crippen LogP contribution in [0.25, 0.3) is 0 Å². The number of hydrogen-bond donors (Lipinski definition) is 2. The number of aryl methyl sites for hydroxylation is 2. The molecule has 0 aliphatic heterocycles. The molecule has 0 radical (unpaired) electrons. The summed E-state index contributed by atoms with van der Waals surface area (Å²) in [4.78, 5) is -0.411. The Hall–Kier alpha value is -2.01.